The third kappa shape index (κ3) is 2.99. The van der Waals surface area contributed by atoms with Gasteiger partial charge in [0.2, 0.25) is 0 Å². The molecular weight excluding hydrogens is 336 g/mol. The fourth-order valence-electron chi connectivity index (χ4n) is 8.62. The summed E-state index contributed by atoms with van der Waals surface area (Å²) in [6, 6.07) is 0. The van der Waals surface area contributed by atoms with Gasteiger partial charge in [0.05, 0.1) is 0 Å². The Balaban J connectivity index is 1.56. The molecule has 0 aromatic heterocycles. The minimum absolute atomic E-state index is 0.257. The van der Waals surface area contributed by atoms with Crippen LogP contribution in [0.25, 0.3) is 0 Å². The summed E-state index contributed by atoms with van der Waals surface area (Å²) in [7, 11) is 0. The van der Waals surface area contributed by atoms with Gasteiger partial charge in [0.1, 0.15) is 5.78 Å². The zero-order valence-corrected chi connectivity index (χ0v) is 17.5. The lowest BCUT2D eigenvalue weighted by molar-refractivity contribution is -0.154. The Morgan fingerprint density at radius 3 is 2.56 bits per heavy atom. The molecule has 4 saturated carbocycles. The van der Waals surface area contributed by atoms with Crippen LogP contribution in [0.5, 0.6) is 0 Å². The number of carboxylic acids is 1. The molecule has 0 amide bonds. The van der Waals surface area contributed by atoms with Crippen LogP contribution in [0, 0.1) is 46.3 Å². The molecule has 0 aliphatic heterocycles. The van der Waals surface area contributed by atoms with E-state index >= 15 is 0 Å². The summed E-state index contributed by atoms with van der Waals surface area (Å²) in [6.45, 7) is 7.22. The van der Waals surface area contributed by atoms with Gasteiger partial charge in [-0.1, -0.05) is 33.6 Å². The summed E-state index contributed by atoms with van der Waals surface area (Å²) in [5.41, 5.74) is 0.573. The molecule has 0 radical (unpaired) electrons. The minimum Gasteiger partial charge on any atom is -0.481 e. The molecule has 8 atom stereocenters. The van der Waals surface area contributed by atoms with E-state index in [0.29, 0.717) is 47.2 Å². The molecule has 152 valence electrons. The van der Waals surface area contributed by atoms with Crippen LogP contribution in [0.2, 0.25) is 0 Å². The lowest BCUT2D eigenvalue weighted by atomic mass is 9.44. The summed E-state index contributed by atoms with van der Waals surface area (Å²) in [5, 5.41) is 9.09. The van der Waals surface area contributed by atoms with E-state index in [4.69, 9.17) is 5.11 Å². The van der Waals surface area contributed by atoms with E-state index in [-0.39, 0.29) is 5.41 Å². The second-order valence-electron chi connectivity index (χ2n) is 11.0. The standard InChI is InChI=1S/C24H38O3/c1-15(7-10-22(26)27)17-8-9-18-16-14-21(25)20-6-4-5-12-23(20,2)19(16)11-13-24(17,18)3/h15-20H,4-14H2,1-3H3,(H,26,27)/t15-,16+,17-,18+,19+,20?,23-,24-/m1/s1. The van der Waals surface area contributed by atoms with Crippen molar-refractivity contribution in [2.24, 2.45) is 46.3 Å². The molecule has 4 aliphatic carbocycles. The number of carbonyl (C=O) groups is 2. The number of ketones is 1. The van der Waals surface area contributed by atoms with Crippen molar-refractivity contribution in [2.45, 2.75) is 91.4 Å². The van der Waals surface area contributed by atoms with Gasteiger partial charge in [0.15, 0.2) is 0 Å². The summed E-state index contributed by atoms with van der Waals surface area (Å²) in [6.07, 6.45) is 11.9. The van der Waals surface area contributed by atoms with Gasteiger partial charge in [0, 0.05) is 18.8 Å². The second kappa shape index (κ2) is 6.88. The average molecular weight is 375 g/mol. The van der Waals surface area contributed by atoms with Crippen molar-refractivity contribution in [2.75, 3.05) is 0 Å². The van der Waals surface area contributed by atoms with Crippen LogP contribution >= 0.6 is 0 Å². The van der Waals surface area contributed by atoms with Crippen LogP contribution in [0.1, 0.15) is 91.4 Å². The maximum Gasteiger partial charge on any atom is 0.303 e. The molecule has 3 nitrogen and oxygen atoms in total. The average Bonchev–Trinajstić information content (AvgIpc) is 2.97. The van der Waals surface area contributed by atoms with Crippen LogP contribution in [0.15, 0.2) is 0 Å². The van der Waals surface area contributed by atoms with Crippen LogP contribution in [-0.4, -0.2) is 16.9 Å². The summed E-state index contributed by atoms with van der Waals surface area (Å²) in [4.78, 5) is 24.1. The van der Waals surface area contributed by atoms with Gasteiger partial charge < -0.3 is 5.11 Å². The number of rotatable bonds is 4. The maximum atomic E-state index is 13.1. The van der Waals surface area contributed by atoms with E-state index in [1.807, 2.05) is 0 Å². The normalized spacial score (nSPS) is 47.7. The van der Waals surface area contributed by atoms with Crippen molar-refractivity contribution in [3.63, 3.8) is 0 Å². The smallest absolute Gasteiger partial charge is 0.303 e. The van der Waals surface area contributed by atoms with Crippen molar-refractivity contribution >= 4 is 11.8 Å². The molecule has 27 heavy (non-hydrogen) atoms. The van der Waals surface area contributed by atoms with E-state index in [0.717, 1.165) is 25.2 Å². The maximum absolute atomic E-state index is 13.1. The number of hydrogen-bond donors (Lipinski definition) is 1. The largest absolute Gasteiger partial charge is 0.481 e. The number of Topliss-reactive ketones (excluding diaryl/α,β-unsaturated/α-hetero) is 1. The van der Waals surface area contributed by atoms with E-state index in [2.05, 4.69) is 20.8 Å². The van der Waals surface area contributed by atoms with Crippen molar-refractivity contribution in [1.29, 1.82) is 0 Å². The molecular formula is C24H38O3. The molecule has 3 heteroatoms. The lowest BCUT2D eigenvalue weighted by Gasteiger charge is -2.60. The van der Waals surface area contributed by atoms with Gasteiger partial charge in [-0.15, -0.1) is 0 Å². The van der Waals surface area contributed by atoms with Gasteiger partial charge in [-0.25, -0.2) is 0 Å². The zero-order valence-electron chi connectivity index (χ0n) is 17.5. The highest BCUT2D eigenvalue weighted by molar-refractivity contribution is 5.83. The highest BCUT2D eigenvalue weighted by Gasteiger charge is 2.61. The highest BCUT2D eigenvalue weighted by atomic mass is 16.4. The van der Waals surface area contributed by atoms with E-state index in [9.17, 15) is 9.59 Å². The topological polar surface area (TPSA) is 54.4 Å². The Labute approximate surface area is 164 Å². The predicted octanol–water partition coefficient (Wildman–Crippen LogP) is 5.72. The van der Waals surface area contributed by atoms with Crippen molar-refractivity contribution in [3.05, 3.63) is 0 Å². The first-order valence-corrected chi connectivity index (χ1v) is 11.5. The van der Waals surface area contributed by atoms with Crippen LogP contribution < -0.4 is 0 Å². The van der Waals surface area contributed by atoms with Crippen LogP contribution in [0.3, 0.4) is 0 Å². The molecule has 0 heterocycles. The molecule has 0 aromatic rings. The molecule has 1 N–H and O–H groups in total. The minimum atomic E-state index is -0.667. The van der Waals surface area contributed by atoms with Gasteiger partial charge in [-0.05, 0) is 85.4 Å². The summed E-state index contributed by atoms with van der Waals surface area (Å²) < 4.78 is 0. The first-order valence-electron chi connectivity index (χ1n) is 11.5. The first-order chi connectivity index (χ1) is 12.8. The SMILES string of the molecule is C[C@H](CCC(=O)O)[C@H]1CC[C@H]2[C@@H]3CC(=O)C4CCCC[C@]4(C)[C@H]3CC[C@]12C. The quantitative estimate of drug-likeness (QED) is 0.685. The van der Waals surface area contributed by atoms with Gasteiger partial charge in [-0.3, -0.25) is 9.59 Å². The van der Waals surface area contributed by atoms with Gasteiger partial charge in [-0.2, -0.15) is 0 Å². The second-order valence-corrected chi connectivity index (χ2v) is 11.0. The lowest BCUT2D eigenvalue weighted by Crippen LogP contribution is -2.56. The monoisotopic (exact) mass is 374 g/mol. The number of hydrogen-bond acceptors (Lipinski definition) is 2. The molecule has 0 spiro atoms. The van der Waals surface area contributed by atoms with Gasteiger partial charge >= 0.3 is 5.97 Å². The molecule has 0 aromatic carbocycles. The predicted molar refractivity (Wildman–Crippen MR) is 106 cm³/mol. The number of aliphatic carboxylic acids is 1. The Kier molecular flexibility index (Phi) is 4.96. The fraction of sp³-hybridized carbons (Fsp3) is 0.917. The molecule has 0 saturated heterocycles. The molecule has 0 bridgehead atoms. The molecule has 4 rings (SSSR count). The number of fused-ring (bicyclic) bond motifs is 5. The first kappa shape index (κ1) is 19.5. The van der Waals surface area contributed by atoms with Crippen molar-refractivity contribution in [1.82, 2.24) is 0 Å². The summed E-state index contributed by atoms with van der Waals surface area (Å²) in [5.74, 6) is 3.36. The van der Waals surface area contributed by atoms with Gasteiger partial charge in [0.25, 0.3) is 0 Å². The zero-order chi connectivity index (χ0) is 19.4. The highest BCUT2D eigenvalue weighted by Crippen LogP contribution is 2.67. The van der Waals surface area contributed by atoms with E-state index in [1.54, 1.807) is 0 Å². The molecule has 1 unspecified atom stereocenters. The van der Waals surface area contributed by atoms with E-state index in [1.165, 1.54) is 44.9 Å². The Morgan fingerprint density at radius 1 is 1.07 bits per heavy atom. The molecule has 4 fully saturated rings. The molecule has 4 aliphatic rings. The third-order valence-electron chi connectivity index (χ3n) is 9.94. The summed E-state index contributed by atoms with van der Waals surface area (Å²) >= 11 is 0. The van der Waals surface area contributed by atoms with Crippen LogP contribution in [0.4, 0.5) is 0 Å². The van der Waals surface area contributed by atoms with Crippen LogP contribution in [-0.2, 0) is 9.59 Å². The van der Waals surface area contributed by atoms with Crippen molar-refractivity contribution < 1.29 is 14.7 Å². The fourth-order valence-corrected chi connectivity index (χ4v) is 8.62. The van der Waals surface area contributed by atoms with Crippen molar-refractivity contribution in [3.8, 4) is 0 Å². The Hall–Kier alpha value is -0.860. The third-order valence-corrected chi connectivity index (χ3v) is 9.94. The van der Waals surface area contributed by atoms with E-state index < -0.39 is 5.97 Å². The Bertz CT molecular complexity index is 613. The number of carboxylic acid groups (broad SMARTS) is 1. The Morgan fingerprint density at radius 2 is 1.81 bits per heavy atom. The number of carbonyl (C=O) groups excluding carboxylic acids is 1.